The van der Waals surface area contributed by atoms with E-state index in [4.69, 9.17) is 5.11 Å². The number of imidazole rings is 1. The van der Waals surface area contributed by atoms with Gasteiger partial charge in [-0.05, 0) is 25.0 Å². The van der Waals surface area contributed by atoms with Gasteiger partial charge in [0, 0.05) is 11.6 Å². The van der Waals surface area contributed by atoms with E-state index in [2.05, 4.69) is 9.38 Å². The van der Waals surface area contributed by atoms with Gasteiger partial charge in [-0.1, -0.05) is 6.92 Å². The molecule has 0 aliphatic rings. The maximum Gasteiger partial charge on any atom is 0.194 e. The number of thiazole rings is 1. The molecule has 0 amide bonds. The highest BCUT2D eigenvalue weighted by Gasteiger charge is 2.07. The van der Waals surface area contributed by atoms with Gasteiger partial charge in [0.1, 0.15) is 0 Å². The van der Waals surface area contributed by atoms with Gasteiger partial charge in [-0.25, -0.2) is 4.98 Å². The van der Waals surface area contributed by atoms with Crippen molar-refractivity contribution in [1.82, 2.24) is 9.38 Å². The minimum Gasteiger partial charge on any atom is -0.392 e. The van der Waals surface area contributed by atoms with Crippen molar-refractivity contribution >= 4 is 22.4 Å². The Kier molecular flexibility index (Phi) is 2.88. The largest absolute Gasteiger partial charge is 0.392 e. The zero-order valence-corrected chi connectivity index (χ0v) is 9.71. The molecule has 2 aromatic rings. The van der Waals surface area contributed by atoms with Gasteiger partial charge in [-0.2, -0.15) is 0 Å². The Hall–Kier alpha value is -1.13. The number of fused-ring (bicyclic) bond motifs is 1. The molecule has 0 unspecified atom stereocenters. The molecule has 4 heteroatoms. The minimum absolute atomic E-state index is 0.118. The van der Waals surface area contributed by atoms with Gasteiger partial charge in [-0.3, -0.25) is 4.40 Å². The van der Waals surface area contributed by atoms with E-state index in [1.165, 1.54) is 0 Å². The fourth-order valence-electron chi connectivity index (χ4n) is 1.54. The smallest absolute Gasteiger partial charge is 0.194 e. The molecule has 0 bridgehead atoms. The average Bonchev–Trinajstić information content (AvgIpc) is 2.77. The van der Waals surface area contributed by atoms with Crippen LogP contribution in [0, 0.1) is 6.92 Å². The van der Waals surface area contributed by atoms with Gasteiger partial charge in [0.15, 0.2) is 4.96 Å². The first-order valence-corrected chi connectivity index (χ1v) is 5.86. The van der Waals surface area contributed by atoms with Crippen LogP contribution in [0.2, 0.25) is 0 Å². The number of rotatable bonds is 3. The van der Waals surface area contributed by atoms with Gasteiger partial charge in [0.05, 0.1) is 18.0 Å². The maximum absolute atomic E-state index is 9.14. The Balaban J connectivity index is 2.54. The van der Waals surface area contributed by atoms with Crippen LogP contribution in [0.25, 0.3) is 11.0 Å². The monoisotopic (exact) mass is 222 g/mol. The van der Waals surface area contributed by atoms with E-state index in [1.807, 2.05) is 31.5 Å². The standard InChI is InChI=1S/C11H14N2OS/c1-3-9(7-14)6-10-8(2)12-11-13(10)4-5-15-11/h4-6,14H,3,7H2,1-2H3. The third kappa shape index (κ3) is 1.82. The number of hydrogen-bond donors (Lipinski definition) is 1. The maximum atomic E-state index is 9.14. The van der Waals surface area contributed by atoms with Crippen LogP contribution in [0.4, 0.5) is 0 Å². The lowest BCUT2D eigenvalue weighted by atomic mass is 10.1. The third-order valence-corrected chi connectivity index (χ3v) is 3.24. The molecule has 0 atom stereocenters. The molecule has 0 aliphatic carbocycles. The van der Waals surface area contributed by atoms with Crippen molar-refractivity contribution in [2.45, 2.75) is 20.3 Å². The van der Waals surface area contributed by atoms with E-state index < -0.39 is 0 Å². The summed E-state index contributed by atoms with van der Waals surface area (Å²) in [5.74, 6) is 0. The lowest BCUT2D eigenvalue weighted by molar-refractivity contribution is 0.329. The number of aryl methyl sites for hydroxylation is 1. The lowest BCUT2D eigenvalue weighted by Gasteiger charge is -1.99. The summed E-state index contributed by atoms with van der Waals surface area (Å²) in [6.07, 6.45) is 4.91. The first-order chi connectivity index (χ1) is 7.26. The van der Waals surface area contributed by atoms with Gasteiger partial charge in [0.2, 0.25) is 0 Å². The van der Waals surface area contributed by atoms with Gasteiger partial charge < -0.3 is 5.11 Å². The highest BCUT2D eigenvalue weighted by atomic mass is 32.1. The molecule has 0 radical (unpaired) electrons. The molecule has 3 nitrogen and oxygen atoms in total. The number of hydrogen-bond acceptors (Lipinski definition) is 3. The van der Waals surface area contributed by atoms with Crippen LogP contribution in [0.3, 0.4) is 0 Å². The Morgan fingerprint density at radius 2 is 2.47 bits per heavy atom. The Morgan fingerprint density at radius 1 is 1.67 bits per heavy atom. The quantitative estimate of drug-likeness (QED) is 0.866. The van der Waals surface area contributed by atoms with E-state index in [9.17, 15) is 0 Å². The molecule has 0 saturated heterocycles. The molecule has 0 aromatic carbocycles. The van der Waals surface area contributed by atoms with Crippen LogP contribution in [-0.4, -0.2) is 21.1 Å². The zero-order chi connectivity index (χ0) is 10.8. The van der Waals surface area contributed by atoms with Gasteiger partial charge in [-0.15, -0.1) is 11.3 Å². The second-order valence-corrected chi connectivity index (χ2v) is 4.33. The minimum atomic E-state index is 0.118. The molecule has 80 valence electrons. The zero-order valence-electron chi connectivity index (χ0n) is 8.90. The summed E-state index contributed by atoms with van der Waals surface area (Å²) in [6, 6.07) is 0. The summed E-state index contributed by atoms with van der Waals surface area (Å²) < 4.78 is 2.06. The van der Waals surface area contributed by atoms with Crippen LogP contribution in [0.15, 0.2) is 17.2 Å². The summed E-state index contributed by atoms with van der Waals surface area (Å²) in [5.41, 5.74) is 3.13. The van der Waals surface area contributed by atoms with Crippen LogP contribution in [0.5, 0.6) is 0 Å². The molecule has 0 fully saturated rings. The predicted molar refractivity (Wildman–Crippen MR) is 63.2 cm³/mol. The van der Waals surface area contributed by atoms with Crippen LogP contribution in [-0.2, 0) is 0 Å². The molecule has 0 aliphatic heterocycles. The molecular weight excluding hydrogens is 208 g/mol. The summed E-state index contributed by atoms with van der Waals surface area (Å²) >= 11 is 1.62. The summed E-state index contributed by atoms with van der Waals surface area (Å²) in [4.78, 5) is 5.46. The van der Waals surface area contributed by atoms with Crippen molar-refractivity contribution in [2.75, 3.05) is 6.61 Å². The van der Waals surface area contributed by atoms with Crippen LogP contribution < -0.4 is 0 Å². The molecule has 2 heterocycles. The molecule has 2 aromatic heterocycles. The number of aromatic nitrogens is 2. The Morgan fingerprint density at radius 3 is 3.13 bits per heavy atom. The van der Waals surface area contributed by atoms with E-state index in [1.54, 1.807) is 11.3 Å². The SMILES string of the molecule is CCC(=Cc1c(C)nc2sccn12)CO. The molecule has 0 spiro atoms. The predicted octanol–water partition coefficient (Wildman–Crippen LogP) is 2.49. The number of aliphatic hydroxyl groups is 1. The number of aliphatic hydroxyl groups excluding tert-OH is 1. The molecule has 0 saturated carbocycles. The van der Waals surface area contributed by atoms with Crippen LogP contribution in [0.1, 0.15) is 24.7 Å². The van der Waals surface area contributed by atoms with Gasteiger partial charge >= 0.3 is 0 Å². The highest BCUT2D eigenvalue weighted by molar-refractivity contribution is 7.15. The third-order valence-electron chi connectivity index (χ3n) is 2.48. The second kappa shape index (κ2) is 4.16. The van der Waals surface area contributed by atoms with Crippen molar-refractivity contribution in [3.63, 3.8) is 0 Å². The molecular formula is C11H14N2OS. The summed E-state index contributed by atoms with van der Waals surface area (Å²) in [7, 11) is 0. The van der Waals surface area contributed by atoms with Crippen molar-refractivity contribution in [2.24, 2.45) is 0 Å². The lowest BCUT2D eigenvalue weighted by Crippen LogP contribution is -1.91. The van der Waals surface area contributed by atoms with Gasteiger partial charge in [0.25, 0.3) is 0 Å². The van der Waals surface area contributed by atoms with Crippen molar-refractivity contribution < 1.29 is 5.11 Å². The summed E-state index contributed by atoms with van der Waals surface area (Å²) in [6.45, 7) is 4.16. The van der Waals surface area contributed by atoms with E-state index in [0.717, 1.165) is 28.3 Å². The highest BCUT2D eigenvalue weighted by Crippen LogP contribution is 2.19. The fraction of sp³-hybridized carbons (Fsp3) is 0.364. The second-order valence-electron chi connectivity index (χ2n) is 3.45. The van der Waals surface area contributed by atoms with E-state index in [0.29, 0.717) is 0 Å². The molecule has 15 heavy (non-hydrogen) atoms. The topological polar surface area (TPSA) is 37.5 Å². The Bertz CT molecular complexity index is 490. The average molecular weight is 222 g/mol. The molecule has 2 rings (SSSR count). The van der Waals surface area contributed by atoms with Crippen molar-refractivity contribution in [3.8, 4) is 0 Å². The number of nitrogens with zero attached hydrogens (tertiary/aromatic N) is 2. The normalized spacial score (nSPS) is 12.6. The summed E-state index contributed by atoms with van der Waals surface area (Å²) in [5, 5.41) is 11.2. The first kappa shape index (κ1) is 10.4. The Labute approximate surface area is 92.7 Å². The van der Waals surface area contributed by atoms with Crippen molar-refractivity contribution in [3.05, 3.63) is 28.5 Å². The van der Waals surface area contributed by atoms with Crippen molar-refractivity contribution in [1.29, 1.82) is 0 Å². The first-order valence-electron chi connectivity index (χ1n) is 4.98. The fourth-order valence-corrected chi connectivity index (χ4v) is 2.30. The molecule has 1 N–H and O–H groups in total. The van der Waals surface area contributed by atoms with E-state index >= 15 is 0 Å². The van der Waals surface area contributed by atoms with Crippen LogP contribution >= 0.6 is 11.3 Å². The van der Waals surface area contributed by atoms with E-state index in [-0.39, 0.29) is 6.61 Å².